The van der Waals surface area contributed by atoms with Crippen molar-refractivity contribution in [1.29, 1.82) is 0 Å². The molecule has 0 saturated carbocycles. The van der Waals surface area contributed by atoms with E-state index in [2.05, 4.69) is 0 Å². The molecule has 0 radical (unpaired) electrons. The summed E-state index contributed by atoms with van der Waals surface area (Å²) in [5.41, 5.74) is -1.71. The highest BCUT2D eigenvalue weighted by molar-refractivity contribution is 6.29. The van der Waals surface area contributed by atoms with Crippen LogP contribution in [0.2, 0.25) is 0 Å². The molecule has 15 N–H and O–H groups in total. The lowest BCUT2D eigenvalue weighted by Gasteiger charge is -2.41. The van der Waals surface area contributed by atoms with Gasteiger partial charge >= 0.3 is 5.97 Å². The van der Waals surface area contributed by atoms with Crippen LogP contribution in [0.25, 0.3) is 0 Å². The first-order valence-electron chi connectivity index (χ1n) is 15.1. The van der Waals surface area contributed by atoms with Gasteiger partial charge in [-0.1, -0.05) is 0 Å². The van der Waals surface area contributed by atoms with Crippen molar-refractivity contribution in [2.75, 3.05) is 0 Å². The fraction of sp³-hybridized carbons (Fsp3) is 0.147. The van der Waals surface area contributed by atoms with Crippen molar-refractivity contribution in [3.05, 3.63) is 70.8 Å². The van der Waals surface area contributed by atoms with Crippen LogP contribution in [0, 0.1) is 0 Å². The molecule has 284 valence electrons. The Balaban J connectivity index is 2.22. The second-order valence-corrected chi connectivity index (χ2v) is 11.8. The van der Waals surface area contributed by atoms with E-state index in [1.54, 1.807) is 0 Å². The predicted octanol–water partition coefficient (Wildman–Crippen LogP) is 1.52. The Labute approximate surface area is 300 Å². The van der Waals surface area contributed by atoms with E-state index in [0.29, 0.717) is 48.5 Å². The molecule has 4 aromatic carbocycles. The standard InChI is InChI=1S/C34H30N2O18/c35-16(33(53)54)2-1-3-34(29(49)12-4-17(37)25(45)18(38)5-12,30(50)13-6-19(39)26(46)20(40)7-13)36(31(51)14-8-21(41)27(47)22(42)9-14)32(52)15-10-23(43)28(48)24(44)11-15/h4-11,16,37-48H,1-3,35H2,(H,53,54)/t16-/m1/s1. The van der Waals surface area contributed by atoms with Gasteiger partial charge in [0.05, 0.1) is 0 Å². The summed E-state index contributed by atoms with van der Waals surface area (Å²) < 4.78 is 0. The lowest BCUT2D eigenvalue weighted by atomic mass is 9.75. The minimum absolute atomic E-state index is 0.178. The SMILES string of the molecule is N[C@H](CCCC(C(=O)c1cc(O)c(O)c(O)c1)(C(=O)c1cc(O)c(O)c(O)c1)N(C(=O)c1cc(O)c(O)c(O)c1)C(=O)c1cc(O)c(O)c(O)c1)C(=O)O. The number of carboxylic acid groups (broad SMARTS) is 1. The van der Waals surface area contributed by atoms with Crippen LogP contribution in [0.5, 0.6) is 69.0 Å². The summed E-state index contributed by atoms with van der Waals surface area (Å²) >= 11 is 0. The number of phenols is 12. The van der Waals surface area contributed by atoms with Crippen LogP contribution >= 0.6 is 0 Å². The lowest BCUT2D eigenvalue weighted by Crippen LogP contribution is -2.64. The molecule has 4 aromatic rings. The molecule has 4 rings (SSSR count). The first kappa shape index (κ1) is 39.2. The van der Waals surface area contributed by atoms with Crippen LogP contribution in [-0.4, -0.2) is 112 Å². The van der Waals surface area contributed by atoms with E-state index in [1.165, 1.54) is 0 Å². The number of aliphatic carboxylic acids is 1. The topological polar surface area (TPSA) is 378 Å². The molecule has 0 bridgehead atoms. The van der Waals surface area contributed by atoms with Crippen LogP contribution in [0.15, 0.2) is 48.5 Å². The number of nitrogens with zero attached hydrogens (tertiary/aromatic N) is 1. The van der Waals surface area contributed by atoms with Gasteiger partial charge < -0.3 is 72.1 Å². The van der Waals surface area contributed by atoms with E-state index in [0.717, 1.165) is 0 Å². The number of carbonyl (C=O) groups excluding carboxylic acids is 4. The summed E-state index contributed by atoms with van der Waals surface area (Å²) in [5.74, 6) is -23.0. The quantitative estimate of drug-likeness (QED) is 0.0422. The number of benzene rings is 4. The second-order valence-electron chi connectivity index (χ2n) is 11.8. The van der Waals surface area contributed by atoms with Gasteiger partial charge in [0.2, 0.25) is 0 Å². The molecule has 0 aromatic heterocycles. The van der Waals surface area contributed by atoms with Crippen LogP contribution in [-0.2, 0) is 4.79 Å². The number of nitrogens with two attached hydrogens (primary N) is 1. The van der Waals surface area contributed by atoms with Gasteiger partial charge in [-0.05, 0) is 67.8 Å². The zero-order valence-electron chi connectivity index (χ0n) is 27.2. The maximum absolute atomic E-state index is 15.0. The van der Waals surface area contributed by atoms with Crippen molar-refractivity contribution in [3.63, 3.8) is 0 Å². The second kappa shape index (κ2) is 14.6. The molecule has 20 nitrogen and oxygen atoms in total. The number of hydrogen-bond donors (Lipinski definition) is 14. The van der Waals surface area contributed by atoms with E-state index in [9.17, 15) is 90.4 Å². The number of carbonyl (C=O) groups is 5. The van der Waals surface area contributed by atoms with Gasteiger partial charge in [0, 0.05) is 22.3 Å². The van der Waals surface area contributed by atoms with E-state index in [-0.39, 0.29) is 4.90 Å². The number of imide groups is 1. The molecule has 0 spiro atoms. The fourth-order valence-electron chi connectivity index (χ4n) is 5.45. The van der Waals surface area contributed by atoms with E-state index < -0.39 is 151 Å². The molecule has 54 heavy (non-hydrogen) atoms. The van der Waals surface area contributed by atoms with Crippen molar-refractivity contribution >= 4 is 29.4 Å². The Kier molecular flexibility index (Phi) is 10.6. The van der Waals surface area contributed by atoms with Crippen LogP contribution in [0.3, 0.4) is 0 Å². The van der Waals surface area contributed by atoms with Gasteiger partial charge in [-0.3, -0.25) is 28.9 Å². The largest absolute Gasteiger partial charge is 0.504 e. The van der Waals surface area contributed by atoms with Gasteiger partial charge in [0.1, 0.15) is 6.04 Å². The molecule has 0 saturated heterocycles. The average Bonchev–Trinajstić information content (AvgIpc) is 3.11. The molecular formula is C34H30N2O18. The normalized spacial score (nSPS) is 11.8. The third-order valence-corrected chi connectivity index (χ3v) is 8.21. The van der Waals surface area contributed by atoms with Crippen LogP contribution in [0.4, 0.5) is 0 Å². The number of ketones is 2. The number of amides is 2. The molecule has 0 unspecified atom stereocenters. The number of carboxylic acids is 1. The number of aromatic hydroxyl groups is 12. The number of phenolic OH excluding ortho intramolecular Hbond substituents is 12. The zero-order chi connectivity index (χ0) is 40.6. The third-order valence-electron chi connectivity index (χ3n) is 8.21. The Morgan fingerprint density at radius 2 is 0.759 bits per heavy atom. The molecule has 0 aliphatic heterocycles. The molecule has 1 atom stereocenters. The first-order chi connectivity index (χ1) is 25.1. The molecule has 0 heterocycles. The lowest BCUT2D eigenvalue weighted by molar-refractivity contribution is -0.138. The van der Waals surface area contributed by atoms with Gasteiger partial charge in [0.25, 0.3) is 11.8 Å². The average molecular weight is 755 g/mol. The van der Waals surface area contributed by atoms with Crippen LogP contribution in [0.1, 0.15) is 60.7 Å². The summed E-state index contributed by atoms with van der Waals surface area (Å²) in [4.78, 5) is 70.6. The predicted molar refractivity (Wildman–Crippen MR) is 177 cm³/mol. The van der Waals surface area contributed by atoms with Crippen LogP contribution < -0.4 is 5.73 Å². The van der Waals surface area contributed by atoms with E-state index in [1.807, 2.05) is 0 Å². The maximum atomic E-state index is 15.0. The Morgan fingerprint density at radius 3 is 1.02 bits per heavy atom. The number of Topliss-reactive ketones (excluding diaryl/α,β-unsaturated/α-hetero) is 2. The third kappa shape index (κ3) is 6.98. The monoisotopic (exact) mass is 754 g/mol. The van der Waals surface area contributed by atoms with E-state index >= 15 is 0 Å². The molecule has 2 amide bonds. The Morgan fingerprint density at radius 1 is 0.500 bits per heavy atom. The maximum Gasteiger partial charge on any atom is 0.320 e. The minimum Gasteiger partial charge on any atom is -0.504 e. The summed E-state index contributed by atoms with van der Waals surface area (Å²) in [5, 5.41) is 132. The van der Waals surface area contributed by atoms with Crippen molar-refractivity contribution < 1.29 is 90.4 Å². The van der Waals surface area contributed by atoms with Gasteiger partial charge in [-0.25, -0.2) is 0 Å². The first-order valence-corrected chi connectivity index (χ1v) is 15.1. The summed E-state index contributed by atoms with van der Waals surface area (Å²) in [7, 11) is 0. The highest BCUT2D eigenvalue weighted by Gasteiger charge is 2.56. The molecular weight excluding hydrogens is 724 g/mol. The number of hydrogen-bond acceptors (Lipinski definition) is 18. The minimum atomic E-state index is -3.51. The Bertz CT molecular complexity index is 2000. The van der Waals surface area contributed by atoms with Gasteiger partial charge in [-0.2, -0.15) is 0 Å². The summed E-state index contributed by atoms with van der Waals surface area (Å²) in [6.45, 7) is 0. The fourth-order valence-corrected chi connectivity index (χ4v) is 5.45. The smallest absolute Gasteiger partial charge is 0.320 e. The van der Waals surface area contributed by atoms with E-state index in [4.69, 9.17) is 5.73 Å². The van der Waals surface area contributed by atoms with Crippen molar-refractivity contribution in [1.82, 2.24) is 4.90 Å². The zero-order valence-corrected chi connectivity index (χ0v) is 27.2. The van der Waals surface area contributed by atoms with Crippen molar-refractivity contribution in [3.8, 4) is 69.0 Å². The number of rotatable bonds is 12. The molecule has 20 heteroatoms. The summed E-state index contributed by atoms with van der Waals surface area (Å²) in [6.07, 6.45) is -2.47. The Hall–Kier alpha value is -7.61. The molecule has 0 aliphatic rings. The molecule has 0 fully saturated rings. The van der Waals surface area contributed by atoms with Gasteiger partial charge in [0.15, 0.2) is 86.1 Å². The van der Waals surface area contributed by atoms with Crippen molar-refractivity contribution in [2.24, 2.45) is 5.73 Å². The highest BCUT2D eigenvalue weighted by atomic mass is 16.4. The molecule has 0 aliphatic carbocycles. The summed E-state index contributed by atoms with van der Waals surface area (Å²) in [6, 6.07) is 2.00. The van der Waals surface area contributed by atoms with Crippen molar-refractivity contribution in [2.45, 2.75) is 30.8 Å². The highest BCUT2D eigenvalue weighted by Crippen LogP contribution is 2.44. The van der Waals surface area contributed by atoms with Gasteiger partial charge in [-0.15, -0.1) is 0 Å².